The van der Waals surface area contributed by atoms with Gasteiger partial charge in [0.25, 0.3) is 0 Å². The Morgan fingerprint density at radius 2 is 2.11 bits per heavy atom. The van der Waals surface area contributed by atoms with Gasteiger partial charge in [-0.15, -0.1) is 11.8 Å². The van der Waals surface area contributed by atoms with Crippen LogP contribution in [0.2, 0.25) is 0 Å². The molecule has 0 saturated carbocycles. The minimum atomic E-state index is -0.396. The highest BCUT2D eigenvalue weighted by molar-refractivity contribution is 8.48. The molecule has 1 rings (SSSR count). The van der Waals surface area contributed by atoms with Gasteiger partial charge in [0.05, 0.1) is 0 Å². The van der Waals surface area contributed by atoms with Crippen molar-refractivity contribution in [2.24, 2.45) is 5.16 Å². The normalized spacial score (nSPS) is 15.2. The van der Waals surface area contributed by atoms with E-state index in [4.69, 9.17) is 4.84 Å². The molecule has 0 aromatic rings. The van der Waals surface area contributed by atoms with E-state index < -0.39 is 6.09 Å². The highest BCUT2D eigenvalue weighted by Gasteiger charge is 2.13. The standard InChI is InChI=1S/C11H20N2O2S4/c1-3-4-5-6-7-19-13(2)11(14)15-12-10-17-8-16-9-18-10/h3-9H2,1-2H3. The zero-order chi connectivity index (χ0) is 13.9. The number of thioether (sulfide) groups is 3. The molecule has 0 aromatic heterocycles. The lowest BCUT2D eigenvalue weighted by Crippen LogP contribution is -2.19. The van der Waals surface area contributed by atoms with Crippen LogP contribution >= 0.6 is 47.2 Å². The fourth-order valence-corrected chi connectivity index (χ4v) is 5.71. The first-order valence-electron chi connectivity index (χ1n) is 6.23. The van der Waals surface area contributed by atoms with Crippen LogP contribution < -0.4 is 0 Å². The molecule has 0 bridgehead atoms. The quantitative estimate of drug-likeness (QED) is 0.290. The van der Waals surface area contributed by atoms with Crippen LogP contribution in [0, 0.1) is 0 Å². The molecule has 1 amide bonds. The molecule has 0 N–H and O–H groups in total. The van der Waals surface area contributed by atoms with Crippen LogP contribution in [0.1, 0.15) is 32.6 Å². The highest BCUT2D eigenvalue weighted by atomic mass is 32.3. The Balaban J connectivity index is 2.13. The maximum atomic E-state index is 11.7. The SMILES string of the molecule is CCCCCCSN(C)C(=O)ON=C1SCSCS1. The van der Waals surface area contributed by atoms with Crippen molar-refractivity contribution in [3.63, 3.8) is 0 Å². The van der Waals surface area contributed by atoms with Crippen molar-refractivity contribution < 1.29 is 9.63 Å². The minimum Gasteiger partial charge on any atom is -0.296 e. The number of nitrogens with zero attached hydrogens (tertiary/aromatic N) is 2. The summed E-state index contributed by atoms with van der Waals surface area (Å²) in [6, 6.07) is 0. The Kier molecular flexibility index (Phi) is 10.1. The number of rotatable bonds is 7. The van der Waals surface area contributed by atoms with E-state index in [1.165, 1.54) is 35.5 Å². The summed E-state index contributed by atoms with van der Waals surface area (Å²) in [7, 11) is 1.73. The first-order valence-corrected chi connectivity index (χ1v) is 10.3. The molecule has 0 aliphatic carbocycles. The predicted octanol–water partition coefficient (Wildman–Crippen LogP) is 4.68. The lowest BCUT2D eigenvalue weighted by atomic mass is 10.2. The molecule has 0 unspecified atom stereocenters. The van der Waals surface area contributed by atoms with Crippen LogP contribution in [0.4, 0.5) is 4.79 Å². The number of carbonyl (C=O) groups is 1. The Labute approximate surface area is 132 Å². The number of oxime groups is 1. The molecule has 19 heavy (non-hydrogen) atoms. The van der Waals surface area contributed by atoms with Crippen LogP contribution in [-0.4, -0.2) is 37.7 Å². The Bertz CT molecular complexity index is 294. The maximum absolute atomic E-state index is 11.7. The van der Waals surface area contributed by atoms with Gasteiger partial charge in [-0.3, -0.25) is 9.14 Å². The number of carbonyl (C=O) groups excluding carboxylic acids is 1. The van der Waals surface area contributed by atoms with E-state index in [2.05, 4.69) is 12.1 Å². The van der Waals surface area contributed by atoms with Crippen molar-refractivity contribution in [1.82, 2.24) is 4.31 Å². The van der Waals surface area contributed by atoms with Gasteiger partial charge < -0.3 is 0 Å². The summed E-state index contributed by atoms with van der Waals surface area (Å²) >= 11 is 6.57. The lowest BCUT2D eigenvalue weighted by Gasteiger charge is -2.14. The fourth-order valence-electron chi connectivity index (χ4n) is 1.23. The minimum absolute atomic E-state index is 0.396. The predicted molar refractivity (Wildman–Crippen MR) is 90.8 cm³/mol. The molecule has 0 atom stereocenters. The summed E-state index contributed by atoms with van der Waals surface area (Å²) < 4.78 is 2.36. The van der Waals surface area contributed by atoms with Crippen molar-refractivity contribution in [1.29, 1.82) is 0 Å². The van der Waals surface area contributed by atoms with E-state index in [0.717, 1.165) is 26.7 Å². The molecule has 1 heterocycles. The van der Waals surface area contributed by atoms with Gasteiger partial charge in [0, 0.05) is 23.0 Å². The average Bonchev–Trinajstić information content (AvgIpc) is 2.45. The summed E-state index contributed by atoms with van der Waals surface area (Å²) in [6.07, 6.45) is 4.45. The summed E-state index contributed by atoms with van der Waals surface area (Å²) in [6.45, 7) is 2.19. The second-order valence-corrected chi connectivity index (χ2v) is 8.95. The lowest BCUT2D eigenvalue weighted by molar-refractivity contribution is 0.137. The third-order valence-electron chi connectivity index (χ3n) is 2.27. The number of hydrogen-bond donors (Lipinski definition) is 0. The van der Waals surface area contributed by atoms with Crippen LogP contribution in [0.25, 0.3) is 0 Å². The first kappa shape index (κ1) is 17.4. The van der Waals surface area contributed by atoms with Gasteiger partial charge in [-0.1, -0.05) is 54.9 Å². The van der Waals surface area contributed by atoms with Gasteiger partial charge in [0.15, 0.2) is 4.38 Å². The van der Waals surface area contributed by atoms with Crippen molar-refractivity contribution in [3.8, 4) is 0 Å². The van der Waals surface area contributed by atoms with E-state index in [1.807, 2.05) is 11.8 Å². The number of amides is 1. The molecule has 1 fully saturated rings. The van der Waals surface area contributed by atoms with Crippen molar-refractivity contribution in [2.45, 2.75) is 32.6 Å². The molecule has 0 radical (unpaired) electrons. The Morgan fingerprint density at radius 1 is 1.37 bits per heavy atom. The third-order valence-corrected chi connectivity index (χ3v) is 6.90. The molecular formula is C11H20N2O2S4. The summed E-state index contributed by atoms with van der Waals surface area (Å²) in [5.41, 5.74) is 0. The summed E-state index contributed by atoms with van der Waals surface area (Å²) in [5.74, 6) is 0.947. The van der Waals surface area contributed by atoms with E-state index in [9.17, 15) is 4.79 Å². The van der Waals surface area contributed by atoms with Gasteiger partial charge in [0.2, 0.25) is 0 Å². The monoisotopic (exact) mass is 340 g/mol. The van der Waals surface area contributed by atoms with E-state index in [0.29, 0.717) is 0 Å². The Hall–Kier alpha value is 0.340. The number of unbranched alkanes of at least 4 members (excludes halogenated alkanes) is 3. The maximum Gasteiger partial charge on any atom is 0.445 e. The van der Waals surface area contributed by atoms with Crippen LogP contribution in [-0.2, 0) is 4.84 Å². The average molecular weight is 341 g/mol. The van der Waals surface area contributed by atoms with Crippen molar-refractivity contribution in [3.05, 3.63) is 0 Å². The second-order valence-electron chi connectivity index (χ2n) is 3.83. The molecule has 1 saturated heterocycles. The molecule has 1 aliphatic rings. The van der Waals surface area contributed by atoms with Gasteiger partial charge in [-0.25, -0.2) is 4.79 Å². The van der Waals surface area contributed by atoms with Gasteiger partial charge in [-0.05, 0) is 18.4 Å². The van der Waals surface area contributed by atoms with Gasteiger partial charge in [0.1, 0.15) is 0 Å². The van der Waals surface area contributed by atoms with Crippen molar-refractivity contribution in [2.75, 3.05) is 23.0 Å². The van der Waals surface area contributed by atoms with E-state index in [1.54, 1.807) is 30.6 Å². The molecule has 4 nitrogen and oxygen atoms in total. The van der Waals surface area contributed by atoms with Crippen LogP contribution in [0.5, 0.6) is 0 Å². The Morgan fingerprint density at radius 3 is 2.79 bits per heavy atom. The topological polar surface area (TPSA) is 41.9 Å². The largest absolute Gasteiger partial charge is 0.445 e. The zero-order valence-electron chi connectivity index (χ0n) is 11.3. The van der Waals surface area contributed by atoms with Crippen molar-refractivity contribution >= 4 is 57.7 Å². The van der Waals surface area contributed by atoms with Crippen LogP contribution in [0.3, 0.4) is 0 Å². The third kappa shape index (κ3) is 8.27. The van der Waals surface area contributed by atoms with E-state index in [-0.39, 0.29) is 0 Å². The second kappa shape index (κ2) is 11.0. The number of hydrogen-bond acceptors (Lipinski definition) is 7. The van der Waals surface area contributed by atoms with Gasteiger partial charge >= 0.3 is 6.09 Å². The fraction of sp³-hybridized carbons (Fsp3) is 0.818. The van der Waals surface area contributed by atoms with Crippen LogP contribution in [0.15, 0.2) is 5.16 Å². The summed E-state index contributed by atoms with van der Waals surface area (Å²) in [4.78, 5) is 16.6. The molecule has 1 aliphatic heterocycles. The zero-order valence-corrected chi connectivity index (χ0v) is 14.6. The first-order chi connectivity index (χ1) is 9.24. The molecule has 110 valence electrons. The highest BCUT2D eigenvalue weighted by Crippen LogP contribution is 2.31. The summed E-state index contributed by atoms with van der Waals surface area (Å²) in [5, 5.41) is 5.84. The smallest absolute Gasteiger partial charge is 0.296 e. The molecule has 0 aromatic carbocycles. The molecule has 8 heteroatoms. The molecular weight excluding hydrogens is 320 g/mol. The van der Waals surface area contributed by atoms with E-state index >= 15 is 0 Å². The molecule has 0 spiro atoms. The van der Waals surface area contributed by atoms with Gasteiger partial charge in [-0.2, -0.15) is 0 Å².